The number of carboxylic acid groups (broad SMARTS) is 3. The van der Waals surface area contributed by atoms with Crippen LogP contribution < -0.4 is 23.6 Å². The standard InChI is InChI=1S/C28H27NO4S.C26H29NO6S.C25H27NO4S/c30-28(31)25-18-8-5-13-22(25)11-2-1-3-14-23-15-6-9-19-26(23)29-34(32,33)27-20-10-16-21-12-4-7-17-24(21)27;1-32-21-16-17-24(33-2)25(18-21)34(30,31)27-23-15-9-7-13-20(23)12-5-3-4-10-19-11-6-8-14-22(19)26(28)29;27-25(28)23-17-9-7-14-21(23)13-5-2-6-15-22-16-8-10-18-24(22)26-31(29,30)19-20-11-3-1-4-12-20/h4-10,12-13,15-20,29H,1-3,11,14H2,(H,30,31);6-9,11,13-18,27H,3-5,10,12H2,1-2H3,(H,28,29);1,3-4,7-12,14,16-18,26H,2,5-6,13,15,19H2,(H,27,28). The fourth-order valence-corrected chi connectivity index (χ4v) is 15.5. The summed E-state index contributed by atoms with van der Waals surface area (Å²) in [6.07, 6.45) is 12.2. The van der Waals surface area contributed by atoms with Crippen LogP contribution in [0.15, 0.2) is 246 Å². The van der Waals surface area contributed by atoms with Gasteiger partial charge in [-0.3, -0.25) is 14.2 Å². The molecule has 0 fully saturated rings. The molecule has 0 atom stereocenters. The summed E-state index contributed by atoms with van der Waals surface area (Å²) in [5, 5.41) is 29.5. The van der Waals surface area contributed by atoms with Gasteiger partial charge in [-0.05, 0) is 176 Å². The molecule has 0 heterocycles. The van der Waals surface area contributed by atoms with Crippen LogP contribution in [0.5, 0.6) is 11.5 Å². The van der Waals surface area contributed by atoms with Gasteiger partial charge in [0.2, 0.25) is 10.0 Å². The van der Waals surface area contributed by atoms with Gasteiger partial charge in [0.1, 0.15) is 16.4 Å². The zero-order chi connectivity index (χ0) is 70.6. The number of hydrogen-bond acceptors (Lipinski definition) is 11. The summed E-state index contributed by atoms with van der Waals surface area (Å²) >= 11 is 0. The van der Waals surface area contributed by atoms with Crippen molar-refractivity contribution in [3.8, 4) is 11.5 Å². The van der Waals surface area contributed by atoms with Gasteiger partial charge < -0.3 is 24.8 Å². The highest BCUT2D eigenvalue weighted by atomic mass is 32.2. The minimum Gasteiger partial charge on any atom is -0.497 e. The maximum atomic E-state index is 13.2. The maximum absolute atomic E-state index is 13.2. The van der Waals surface area contributed by atoms with Crippen molar-refractivity contribution in [1.82, 2.24) is 0 Å². The molecule has 0 bridgehead atoms. The first kappa shape index (κ1) is 74.5. The zero-order valence-electron chi connectivity index (χ0n) is 55.4. The van der Waals surface area contributed by atoms with E-state index in [1.54, 1.807) is 97.1 Å². The van der Waals surface area contributed by atoms with Gasteiger partial charge in [0.15, 0.2) is 0 Å². The second-order valence-electron chi connectivity index (χ2n) is 23.6. The van der Waals surface area contributed by atoms with E-state index >= 15 is 0 Å². The number of anilines is 3. The largest absolute Gasteiger partial charge is 0.497 e. The second kappa shape index (κ2) is 36.9. The predicted octanol–water partition coefficient (Wildman–Crippen LogP) is 16.7. The number of methoxy groups -OCH3 is 2. The van der Waals surface area contributed by atoms with Gasteiger partial charge in [0.05, 0.1) is 58.6 Å². The minimum absolute atomic E-state index is 0.00116. The van der Waals surface area contributed by atoms with E-state index in [2.05, 4.69) is 14.2 Å². The molecule has 0 saturated carbocycles. The van der Waals surface area contributed by atoms with E-state index in [9.17, 15) is 55.0 Å². The summed E-state index contributed by atoms with van der Waals surface area (Å²) in [5.41, 5.74) is 8.85. The Hall–Kier alpha value is -10.3. The number of unbranched alkanes of at least 4 members (excludes halogenated alkanes) is 6. The molecular formula is C79H83N3O14S3. The van der Waals surface area contributed by atoms with Crippen molar-refractivity contribution in [1.29, 1.82) is 0 Å². The van der Waals surface area contributed by atoms with E-state index in [0.29, 0.717) is 70.6 Å². The molecule has 0 aliphatic heterocycles. The molecule has 0 saturated heterocycles. The molecule has 0 spiro atoms. The SMILES string of the molecule is COc1ccc(OC)c(S(=O)(=O)Nc2ccccc2CCCCCc2ccccc2C(=O)O)c1.O=C(O)c1ccccc1CCCCCc1ccccc1NS(=O)(=O)Cc1ccccc1.O=C(O)c1ccccc1CCCCCc1ccccc1NS(=O)(=O)c1cccc2ccccc12. The van der Waals surface area contributed by atoms with Crippen molar-refractivity contribution in [2.75, 3.05) is 28.4 Å². The normalized spacial score (nSPS) is 11.3. The fourth-order valence-electron chi connectivity index (χ4n) is 11.6. The van der Waals surface area contributed by atoms with Crippen LogP contribution in [-0.4, -0.2) is 72.7 Å². The Morgan fingerprint density at radius 2 is 0.697 bits per heavy atom. The topological polar surface area (TPSA) is 269 Å². The molecule has 20 heteroatoms. The Morgan fingerprint density at radius 1 is 0.343 bits per heavy atom. The Kier molecular flexibility index (Phi) is 27.8. The van der Waals surface area contributed by atoms with Crippen molar-refractivity contribution < 1.29 is 64.4 Å². The molecule has 0 aliphatic rings. The highest BCUT2D eigenvalue weighted by Crippen LogP contribution is 2.32. The van der Waals surface area contributed by atoms with Crippen molar-refractivity contribution in [2.45, 2.75) is 112 Å². The number of benzene rings is 10. The van der Waals surface area contributed by atoms with Crippen LogP contribution in [0.3, 0.4) is 0 Å². The van der Waals surface area contributed by atoms with Crippen molar-refractivity contribution >= 4 is 75.8 Å². The van der Waals surface area contributed by atoms with E-state index in [1.807, 2.05) is 133 Å². The third-order valence-electron chi connectivity index (χ3n) is 16.6. The molecule has 10 aromatic rings. The van der Waals surface area contributed by atoms with Gasteiger partial charge in [-0.1, -0.05) is 195 Å². The van der Waals surface area contributed by atoms with Crippen molar-refractivity contribution in [3.05, 3.63) is 292 Å². The molecule has 0 aromatic heterocycles. The molecule has 0 radical (unpaired) electrons. The monoisotopic (exact) mass is 1390 g/mol. The molecule has 10 rings (SSSR count). The van der Waals surface area contributed by atoms with Crippen molar-refractivity contribution in [3.63, 3.8) is 0 Å². The lowest BCUT2D eigenvalue weighted by molar-refractivity contribution is 0.0684. The molecule has 0 unspecified atom stereocenters. The predicted molar refractivity (Wildman–Crippen MR) is 391 cm³/mol. The summed E-state index contributed by atoms with van der Waals surface area (Å²) in [5.74, 6) is -2.13. The molecule has 99 heavy (non-hydrogen) atoms. The fraction of sp³-hybridized carbons (Fsp3) is 0.228. The summed E-state index contributed by atoms with van der Waals surface area (Å²) in [7, 11) is -8.26. The van der Waals surface area contributed by atoms with Crippen LogP contribution in [0, 0.1) is 0 Å². The number of aromatic carboxylic acids is 3. The van der Waals surface area contributed by atoms with Crippen LogP contribution in [0.25, 0.3) is 10.8 Å². The lowest BCUT2D eigenvalue weighted by atomic mass is 9.99. The van der Waals surface area contributed by atoms with E-state index in [-0.39, 0.29) is 21.3 Å². The Balaban J connectivity index is 0.000000189. The lowest BCUT2D eigenvalue weighted by Crippen LogP contribution is -2.16. The minimum atomic E-state index is -3.91. The molecule has 17 nitrogen and oxygen atoms in total. The molecule has 6 N–H and O–H groups in total. The van der Waals surface area contributed by atoms with Gasteiger partial charge in [0.25, 0.3) is 20.0 Å². The third-order valence-corrected chi connectivity index (χ3v) is 20.7. The summed E-state index contributed by atoms with van der Waals surface area (Å²) in [6.45, 7) is 0. The Morgan fingerprint density at radius 3 is 1.12 bits per heavy atom. The Labute approximate surface area is 580 Å². The summed E-state index contributed by atoms with van der Waals surface area (Å²) in [6, 6.07) is 70.0. The molecular weight excluding hydrogens is 1310 g/mol. The average Bonchev–Trinajstić information content (AvgIpc) is 0.793. The number of fused-ring (bicyclic) bond motifs is 1. The van der Waals surface area contributed by atoms with Crippen molar-refractivity contribution in [2.24, 2.45) is 0 Å². The molecule has 516 valence electrons. The summed E-state index contributed by atoms with van der Waals surface area (Å²) in [4.78, 5) is 34.3. The first-order valence-electron chi connectivity index (χ1n) is 32.7. The number of carbonyl (C=O) groups is 3. The third kappa shape index (κ3) is 22.4. The van der Waals surface area contributed by atoms with Gasteiger partial charge in [-0.15, -0.1) is 0 Å². The number of rotatable bonds is 33. The molecule has 0 aliphatic carbocycles. The quantitative estimate of drug-likeness (QED) is 0.0209. The highest BCUT2D eigenvalue weighted by molar-refractivity contribution is 7.93. The van der Waals surface area contributed by atoms with Gasteiger partial charge in [-0.25, -0.2) is 39.6 Å². The first-order chi connectivity index (χ1) is 47.8. The van der Waals surface area contributed by atoms with Gasteiger partial charge >= 0.3 is 17.9 Å². The van der Waals surface area contributed by atoms with Crippen LogP contribution >= 0.6 is 0 Å². The molecule has 10 aromatic carbocycles. The number of carboxylic acids is 3. The summed E-state index contributed by atoms with van der Waals surface area (Å²) < 4.78 is 96.5. The molecule has 0 amide bonds. The van der Waals surface area contributed by atoms with E-state index in [4.69, 9.17) is 9.47 Å². The number of para-hydroxylation sites is 3. The average molecular weight is 1390 g/mol. The van der Waals surface area contributed by atoms with Gasteiger partial charge in [0, 0.05) is 11.5 Å². The van der Waals surface area contributed by atoms with E-state index in [1.165, 1.54) is 20.3 Å². The zero-order valence-corrected chi connectivity index (χ0v) is 57.8. The number of nitrogens with one attached hydrogen (secondary N) is 3. The Bertz CT molecular complexity index is 4700. The smallest absolute Gasteiger partial charge is 0.335 e. The highest BCUT2D eigenvalue weighted by Gasteiger charge is 2.23. The number of aryl methyl sites for hydroxylation is 6. The van der Waals surface area contributed by atoms with E-state index in [0.717, 1.165) is 115 Å². The van der Waals surface area contributed by atoms with Crippen LogP contribution in [0.1, 0.15) is 128 Å². The first-order valence-corrected chi connectivity index (χ1v) is 37.3. The lowest BCUT2D eigenvalue weighted by Gasteiger charge is -2.15. The van der Waals surface area contributed by atoms with Gasteiger partial charge in [-0.2, -0.15) is 0 Å². The van der Waals surface area contributed by atoms with E-state index < -0.39 is 48.0 Å². The van der Waals surface area contributed by atoms with Crippen LogP contribution in [0.4, 0.5) is 17.1 Å². The number of sulfonamides is 3. The number of hydrogen-bond donors (Lipinski definition) is 6. The second-order valence-corrected chi connectivity index (χ2v) is 28.6. The van der Waals surface area contributed by atoms with Crippen LogP contribution in [0.2, 0.25) is 0 Å². The number of ether oxygens (including phenoxy) is 2. The maximum Gasteiger partial charge on any atom is 0.335 e. The van der Waals surface area contributed by atoms with Crippen LogP contribution in [-0.2, 0) is 74.3 Å².